The van der Waals surface area contributed by atoms with Crippen LogP contribution in [-0.2, 0) is 14.8 Å². The molecule has 7 heteroatoms. The van der Waals surface area contributed by atoms with Gasteiger partial charge in [-0.2, -0.15) is 4.31 Å². The first-order valence-corrected chi connectivity index (χ1v) is 11.5. The van der Waals surface area contributed by atoms with Crippen LogP contribution in [0.5, 0.6) is 0 Å². The molecule has 0 bridgehead atoms. The Hall–Kier alpha value is -0.660. The molecule has 1 unspecified atom stereocenters. The van der Waals surface area contributed by atoms with Crippen molar-refractivity contribution >= 4 is 15.9 Å². The lowest BCUT2D eigenvalue weighted by Gasteiger charge is -2.33. The third-order valence-corrected chi connectivity index (χ3v) is 7.48. The van der Waals surface area contributed by atoms with Crippen molar-refractivity contribution in [2.45, 2.75) is 64.8 Å². The third kappa shape index (κ3) is 6.22. The lowest BCUT2D eigenvalue weighted by molar-refractivity contribution is -0.125. The second-order valence-corrected chi connectivity index (χ2v) is 9.65. The van der Waals surface area contributed by atoms with E-state index < -0.39 is 16.1 Å². The highest BCUT2D eigenvalue weighted by atomic mass is 32.2. The van der Waals surface area contributed by atoms with E-state index in [0.29, 0.717) is 25.9 Å². The molecule has 0 aromatic rings. The quantitative estimate of drug-likeness (QED) is 0.659. The Kier molecular flexibility index (Phi) is 8.16. The van der Waals surface area contributed by atoms with Gasteiger partial charge in [0.25, 0.3) is 0 Å². The highest BCUT2D eigenvalue weighted by molar-refractivity contribution is 7.89. The molecule has 0 aliphatic carbocycles. The molecule has 2 aliphatic rings. The summed E-state index contributed by atoms with van der Waals surface area (Å²) < 4.78 is 26.3. The van der Waals surface area contributed by atoms with Crippen LogP contribution in [0.15, 0.2) is 0 Å². The van der Waals surface area contributed by atoms with Gasteiger partial charge in [-0.3, -0.25) is 4.79 Å². The zero-order chi connectivity index (χ0) is 18.3. The van der Waals surface area contributed by atoms with Gasteiger partial charge in [0.15, 0.2) is 0 Å². The van der Waals surface area contributed by atoms with Crippen LogP contribution >= 0.6 is 0 Å². The molecule has 146 valence electrons. The van der Waals surface area contributed by atoms with E-state index in [-0.39, 0.29) is 11.7 Å². The van der Waals surface area contributed by atoms with Gasteiger partial charge in [-0.15, -0.1) is 0 Å². The van der Waals surface area contributed by atoms with Gasteiger partial charge < -0.3 is 10.2 Å². The van der Waals surface area contributed by atoms with Crippen LogP contribution in [0, 0.1) is 5.92 Å². The van der Waals surface area contributed by atoms with Gasteiger partial charge in [-0.25, -0.2) is 8.42 Å². The first-order chi connectivity index (χ1) is 11.9. The smallest absolute Gasteiger partial charge is 0.238 e. The van der Waals surface area contributed by atoms with E-state index in [4.69, 9.17) is 0 Å². The zero-order valence-corrected chi connectivity index (χ0v) is 16.7. The predicted octanol–water partition coefficient (Wildman–Crippen LogP) is 1.82. The third-order valence-electron chi connectivity index (χ3n) is 5.40. The van der Waals surface area contributed by atoms with Gasteiger partial charge in [-0.1, -0.05) is 20.3 Å². The predicted molar refractivity (Wildman–Crippen MR) is 101 cm³/mol. The molecule has 0 radical (unpaired) electrons. The minimum atomic E-state index is -3.32. The monoisotopic (exact) mass is 373 g/mol. The van der Waals surface area contributed by atoms with E-state index in [1.54, 1.807) is 0 Å². The fourth-order valence-corrected chi connectivity index (χ4v) is 5.54. The molecule has 1 N–H and O–H groups in total. The van der Waals surface area contributed by atoms with Gasteiger partial charge in [0, 0.05) is 13.1 Å². The number of hydrogen-bond acceptors (Lipinski definition) is 4. The van der Waals surface area contributed by atoms with Crippen molar-refractivity contribution < 1.29 is 13.2 Å². The molecular weight excluding hydrogens is 338 g/mol. The number of nitrogens with one attached hydrogen (secondary N) is 1. The molecular formula is C18H35N3O3S. The summed E-state index contributed by atoms with van der Waals surface area (Å²) in [6, 6.07) is -0.513. The second kappa shape index (κ2) is 9.88. The first kappa shape index (κ1) is 20.6. The topological polar surface area (TPSA) is 69.7 Å². The minimum absolute atomic E-state index is 0.119. The van der Waals surface area contributed by atoms with Gasteiger partial charge >= 0.3 is 0 Å². The molecule has 25 heavy (non-hydrogen) atoms. The number of piperidine rings is 2. The summed E-state index contributed by atoms with van der Waals surface area (Å²) in [5.74, 6) is 0.842. The normalized spacial score (nSPS) is 24.3. The van der Waals surface area contributed by atoms with E-state index in [9.17, 15) is 13.2 Å². The fraction of sp³-hybridized carbons (Fsp3) is 0.944. The van der Waals surface area contributed by atoms with Gasteiger partial charge in [0.2, 0.25) is 15.9 Å². The number of sulfonamides is 1. The summed E-state index contributed by atoms with van der Waals surface area (Å²) in [7, 11) is -3.32. The molecule has 6 nitrogen and oxygen atoms in total. The van der Waals surface area contributed by atoms with Crippen LogP contribution < -0.4 is 5.32 Å². The van der Waals surface area contributed by atoms with Crippen molar-refractivity contribution in [3.8, 4) is 0 Å². The van der Waals surface area contributed by atoms with E-state index in [1.807, 2.05) is 6.92 Å². The fourth-order valence-electron chi connectivity index (χ4n) is 3.79. The second-order valence-electron chi connectivity index (χ2n) is 7.61. The van der Waals surface area contributed by atoms with Crippen molar-refractivity contribution in [1.29, 1.82) is 0 Å². The van der Waals surface area contributed by atoms with E-state index >= 15 is 0 Å². The standard InChI is InChI=1S/C18H35N3O3S/c1-3-15-25(23,24)21-12-5-4-7-17(21)18(22)19-10-6-11-20-13-8-16(2)9-14-20/h16-17H,3-15H2,1-2H3,(H,19,22). The highest BCUT2D eigenvalue weighted by Crippen LogP contribution is 2.21. The Labute approximate surface area is 153 Å². The summed E-state index contributed by atoms with van der Waals surface area (Å²) >= 11 is 0. The van der Waals surface area contributed by atoms with Crippen molar-refractivity contribution in [3.05, 3.63) is 0 Å². The summed E-state index contributed by atoms with van der Waals surface area (Å²) in [5, 5.41) is 2.97. The Morgan fingerprint density at radius 1 is 1.12 bits per heavy atom. The Bertz CT molecular complexity index is 516. The van der Waals surface area contributed by atoms with Gasteiger partial charge in [0.1, 0.15) is 6.04 Å². The lowest BCUT2D eigenvalue weighted by Crippen LogP contribution is -2.52. The number of likely N-dealkylation sites (tertiary alicyclic amines) is 1. The van der Waals surface area contributed by atoms with Gasteiger partial charge in [-0.05, 0) is 64.1 Å². The van der Waals surface area contributed by atoms with Crippen molar-refractivity contribution in [2.75, 3.05) is 38.5 Å². The summed E-state index contributed by atoms with van der Waals surface area (Å²) in [6.07, 6.45) is 6.44. The Morgan fingerprint density at radius 3 is 2.52 bits per heavy atom. The van der Waals surface area contributed by atoms with Crippen LogP contribution in [0.3, 0.4) is 0 Å². The van der Waals surface area contributed by atoms with Gasteiger partial charge in [0.05, 0.1) is 5.75 Å². The number of hydrogen-bond donors (Lipinski definition) is 1. The maximum Gasteiger partial charge on any atom is 0.238 e. The largest absolute Gasteiger partial charge is 0.355 e. The summed E-state index contributed by atoms with van der Waals surface area (Å²) in [4.78, 5) is 15.0. The minimum Gasteiger partial charge on any atom is -0.355 e. The first-order valence-electron chi connectivity index (χ1n) is 9.93. The molecule has 0 saturated carbocycles. The number of carbonyl (C=O) groups is 1. The molecule has 2 aliphatic heterocycles. The van der Waals surface area contributed by atoms with Crippen molar-refractivity contribution in [1.82, 2.24) is 14.5 Å². The SMILES string of the molecule is CCCS(=O)(=O)N1CCCCC1C(=O)NCCCN1CCC(C)CC1. The summed E-state index contributed by atoms with van der Waals surface area (Å²) in [5.41, 5.74) is 0. The van der Waals surface area contributed by atoms with E-state index in [1.165, 1.54) is 17.1 Å². The molecule has 0 spiro atoms. The molecule has 1 atom stereocenters. The number of carbonyl (C=O) groups excluding carboxylic acids is 1. The van der Waals surface area contributed by atoms with Crippen molar-refractivity contribution in [2.24, 2.45) is 5.92 Å². The number of rotatable bonds is 8. The summed E-state index contributed by atoms with van der Waals surface area (Å²) in [6.45, 7) is 8.59. The maximum absolute atomic E-state index is 12.5. The molecule has 2 fully saturated rings. The lowest BCUT2D eigenvalue weighted by atomic mass is 9.99. The van der Waals surface area contributed by atoms with E-state index in [0.717, 1.165) is 44.8 Å². The van der Waals surface area contributed by atoms with E-state index in [2.05, 4.69) is 17.1 Å². The zero-order valence-electron chi connectivity index (χ0n) is 15.9. The molecule has 0 aromatic carbocycles. The number of nitrogens with zero attached hydrogens (tertiary/aromatic N) is 2. The van der Waals surface area contributed by atoms with Crippen LogP contribution in [0.1, 0.15) is 58.8 Å². The molecule has 2 saturated heterocycles. The Balaban J connectivity index is 1.76. The van der Waals surface area contributed by atoms with Crippen LogP contribution in [0.2, 0.25) is 0 Å². The molecule has 2 rings (SSSR count). The average Bonchev–Trinajstić information content (AvgIpc) is 2.60. The van der Waals surface area contributed by atoms with Crippen LogP contribution in [0.25, 0.3) is 0 Å². The number of amides is 1. The molecule has 2 heterocycles. The van der Waals surface area contributed by atoms with Crippen LogP contribution in [0.4, 0.5) is 0 Å². The molecule has 0 aromatic heterocycles. The molecule has 1 amide bonds. The highest BCUT2D eigenvalue weighted by Gasteiger charge is 2.35. The van der Waals surface area contributed by atoms with Crippen molar-refractivity contribution in [3.63, 3.8) is 0 Å². The van der Waals surface area contributed by atoms with Crippen LogP contribution in [-0.4, -0.2) is 68.0 Å². The maximum atomic E-state index is 12.5. The Morgan fingerprint density at radius 2 is 1.84 bits per heavy atom. The average molecular weight is 374 g/mol.